The van der Waals surface area contributed by atoms with Crippen LogP contribution < -0.4 is 10.1 Å². The molecule has 2 rings (SSSR count). The highest BCUT2D eigenvalue weighted by Gasteiger charge is 2.07. The van der Waals surface area contributed by atoms with E-state index < -0.39 is 6.10 Å². The quantitative estimate of drug-likeness (QED) is 0.770. The molecule has 0 bridgehead atoms. The number of aliphatic hydroxyl groups is 1. The van der Waals surface area contributed by atoms with Gasteiger partial charge in [0, 0.05) is 13.1 Å². The molecule has 21 heavy (non-hydrogen) atoms. The van der Waals surface area contributed by atoms with E-state index in [0.29, 0.717) is 25.3 Å². The van der Waals surface area contributed by atoms with Crippen LogP contribution in [0.1, 0.15) is 17.2 Å². The van der Waals surface area contributed by atoms with E-state index in [9.17, 15) is 9.50 Å². The van der Waals surface area contributed by atoms with Crippen molar-refractivity contribution in [2.75, 3.05) is 19.7 Å². The Morgan fingerprint density at radius 2 is 2.00 bits per heavy atom. The SMILES string of the molecule is Cc1cccc(OCCNCC(O)c2cccc(F)c2)c1. The number of halogens is 1. The van der Waals surface area contributed by atoms with Crippen LogP contribution >= 0.6 is 0 Å². The Bertz CT molecular complexity index is 574. The maximum absolute atomic E-state index is 13.0. The lowest BCUT2D eigenvalue weighted by Crippen LogP contribution is -2.26. The van der Waals surface area contributed by atoms with Crippen molar-refractivity contribution < 1.29 is 14.2 Å². The molecule has 0 aromatic heterocycles. The first-order valence-electron chi connectivity index (χ1n) is 6.99. The van der Waals surface area contributed by atoms with Crippen molar-refractivity contribution in [1.29, 1.82) is 0 Å². The van der Waals surface area contributed by atoms with Gasteiger partial charge in [0.05, 0.1) is 6.10 Å². The zero-order valence-corrected chi connectivity index (χ0v) is 12.1. The van der Waals surface area contributed by atoms with Crippen LogP contribution in [0, 0.1) is 12.7 Å². The third kappa shape index (κ3) is 5.17. The van der Waals surface area contributed by atoms with Gasteiger partial charge in [0.2, 0.25) is 0 Å². The van der Waals surface area contributed by atoms with Crippen molar-refractivity contribution in [2.24, 2.45) is 0 Å². The molecule has 0 aliphatic heterocycles. The zero-order chi connectivity index (χ0) is 15.1. The van der Waals surface area contributed by atoms with E-state index in [4.69, 9.17) is 4.74 Å². The topological polar surface area (TPSA) is 41.5 Å². The Hall–Kier alpha value is -1.91. The Labute approximate surface area is 124 Å². The number of hydrogen-bond acceptors (Lipinski definition) is 3. The first kappa shape index (κ1) is 15.5. The molecule has 2 aromatic rings. The average molecular weight is 289 g/mol. The molecule has 4 heteroatoms. The molecule has 112 valence electrons. The monoisotopic (exact) mass is 289 g/mol. The lowest BCUT2D eigenvalue weighted by atomic mass is 10.1. The third-order valence-corrected chi connectivity index (χ3v) is 3.11. The molecule has 0 aliphatic carbocycles. The molecule has 1 atom stereocenters. The summed E-state index contributed by atoms with van der Waals surface area (Å²) in [6, 6.07) is 13.9. The molecule has 0 amide bonds. The van der Waals surface area contributed by atoms with Crippen molar-refractivity contribution >= 4 is 0 Å². The Kier molecular flexibility index (Phi) is 5.72. The van der Waals surface area contributed by atoms with Crippen molar-refractivity contribution in [3.05, 3.63) is 65.5 Å². The van der Waals surface area contributed by atoms with Gasteiger partial charge in [-0.2, -0.15) is 0 Å². The van der Waals surface area contributed by atoms with Gasteiger partial charge in [-0.1, -0.05) is 24.3 Å². The van der Waals surface area contributed by atoms with Gasteiger partial charge in [-0.25, -0.2) is 4.39 Å². The third-order valence-electron chi connectivity index (χ3n) is 3.11. The maximum Gasteiger partial charge on any atom is 0.123 e. The molecule has 2 N–H and O–H groups in total. The van der Waals surface area contributed by atoms with Crippen LogP contribution in [-0.2, 0) is 0 Å². The van der Waals surface area contributed by atoms with Crippen molar-refractivity contribution in [3.8, 4) is 5.75 Å². The normalized spacial score (nSPS) is 12.1. The molecule has 0 saturated carbocycles. The maximum atomic E-state index is 13.0. The second kappa shape index (κ2) is 7.76. The first-order chi connectivity index (χ1) is 10.1. The highest BCUT2D eigenvalue weighted by Crippen LogP contribution is 2.13. The van der Waals surface area contributed by atoms with Crippen LogP contribution in [-0.4, -0.2) is 24.8 Å². The smallest absolute Gasteiger partial charge is 0.123 e. The summed E-state index contributed by atoms with van der Waals surface area (Å²) in [4.78, 5) is 0. The van der Waals surface area contributed by atoms with Gasteiger partial charge in [0.25, 0.3) is 0 Å². The highest BCUT2D eigenvalue weighted by molar-refractivity contribution is 5.27. The summed E-state index contributed by atoms with van der Waals surface area (Å²) >= 11 is 0. The van der Waals surface area contributed by atoms with E-state index in [1.54, 1.807) is 12.1 Å². The van der Waals surface area contributed by atoms with Crippen LogP contribution in [0.25, 0.3) is 0 Å². The van der Waals surface area contributed by atoms with E-state index >= 15 is 0 Å². The van der Waals surface area contributed by atoms with Crippen LogP contribution in [0.3, 0.4) is 0 Å². The number of aliphatic hydroxyl groups excluding tert-OH is 1. The number of hydrogen-bond donors (Lipinski definition) is 2. The van der Waals surface area contributed by atoms with Gasteiger partial charge < -0.3 is 15.2 Å². The Morgan fingerprint density at radius 3 is 2.76 bits per heavy atom. The molecule has 0 radical (unpaired) electrons. The fourth-order valence-corrected chi connectivity index (χ4v) is 2.02. The summed E-state index contributed by atoms with van der Waals surface area (Å²) in [6.45, 7) is 3.50. The van der Waals surface area contributed by atoms with Crippen molar-refractivity contribution in [1.82, 2.24) is 5.32 Å². The Morgan fingerprint density at radius 1 is 1.19 bits per heavy atom. The predicted octanol–water partition coefficient (Wildman–Crippen LogP) is 2.84. The molecule has 0 saturated heterocycles. The van der Waals surface area contributed by atoms with Crippen molar-refractivity contribution in [3.63, 3.8) is 0 Å². The zero-order valence-electron chi connectivity index (χ0n) is 12.1. The minimum absolute atomic E-state index is 0.339. The molecule has 1 unspecified atom stereocenters. The predicted molar refractivity (Wildman–Crippen MR) is 80.9 cm³/mol. The molecule has 0 heterocycles. The average Bonchev–Trinajstić information content (AvgIpc) is 2.47. The van der Waals surface area contributed by atoms with Crippen LogP contribution in [0.5, 0.6) is 5.75 Å². The molecule has 0 aliphatic rings. The van der Waals surface area contributed by atoms with Crippen molar-refractivity contribution in [2.45, 2.75) is 13.0 Å². The van der Waals surface area contributed by atoms with E-state index in [1.165, 1.54) is 12.1 Å². The van der Waals surface area contributed by atoms with Crippen LogP contribution in [0.4, 0.5) is 4.39 Å². The van der Waals surface area contributed by atoms with Gasteiger partial charge in [0.1, 0.15) is 18.2 Å². The van der Waals surface area contributed by atoms with E-state index in [1.807, 2.05) is 31.2 Å². The summed E-state index contributed by atoms with van der Waals surface area (Å²) < 4.78 is 18.6. The van der Waals surface area contributed by atoms with Gasteiger partial charge in [-0.15, -0.1) is 0 Å². The number of rotatable bonds is 7. The number of ether oxygens (including phenoxy) is 1. The number of aryl methyl sites for hydroxylation is 1. The van der Waals surface area contributed by atoms with E-state index in [0.717, 1.165) is 11.3 Å². The minimum atomic E-state index is -0.723. The standard InChI is InChI=1S/C17H20FNO2/c1-13-4-2-7-16(10-13)21-9-8-19-12-17(20)14-5-3-6-15(18)11-14/h2-7,10-11,17,19-20H,8-9,12H2,1H3. The Balaban J connectivity index is 1.68. The van der Waals surface area contributed by atoms with E-state index in [2.05, 4.69) is 5.32 Å². The van der Waals surface area contributed by atoms with Gasteiger partial charge in [-0.05, 0) is 42.3 Å². The molecule has 3 nitrogen and oxygen atoms in total. The first-order valence-corrected chi connectivity index (χ1v) is 6.99. The summed E-state index contributed by atoms with van der Waals surface area (Å²) in [5.41, 5.74) is 1.73. The molecule has 2 aromatic carbocycles. The van der Waals surface area contributed by atoms with Crippen LogP contribution in [0.15, 0.2) is 48.5 Å². The fraction of sp³-hybridized carbons (Fsp3) is 0.294. The summed E-state index contributed by atoms with van der Waals surface area (Å²) in [7, 11) is 0. The van der Waals surface area contributed by atoms with Gasteiger partial charge in [-0.3, -0.25) is 0 Å². The van der Waals surface area contributed by atoms with E-state index in [-0.39, 0.29) is 5.82 Å². The number of benzene rings is 2. The van der Waals surface area contributed by atoms with Gasteiger partial charge >= 0.3 is 0 Å². The molecule has 0 fully saturated rings. The molecular formula is C17H20FNO2. The summed E-state index contributed by atoms with van der Waals surface area (Å²) in [5.74, 6) is 0.497. The minimum Gasteiger partial charge on any atom is -0.492 e. The lowest BCUT2D eigenvalue weighted by Gasteiger charge is -2.13. The molecule has 0 spiro atoms. The fourth-order valence-electron chi connectivity index (χ4n) is 2.02. The molecular weight excluding hydrogens is 269 g/mol. The second-order valence-electron chi connectivity index (χ2n) is 4.94. The van der Waals surface area contributed by atoms with Crippen LogP contribution in [0.2, 0.25) is 0 Å². The lowest BCUT2D eigenvalue weighted by molar-refractivity contribution is 0.171. The summed E-state index contributed by atoms with van der Waals surface area (Å²) in [6.07, 6.45) is -0.723. The summed E-state index contributed by atoms with van der Waals surface area (Å²) in [5, 5.41) is 13.0. The van der Waals surface area contributed by atoms with Gasteiger partial charge in [0.15, 0.2) is 0 Å². The highest BCUT2D eigenvalue weighted by atomic mass is 19.1. The number of nitrogens with one attached hydrogen (secondary N) is 1. The second-order valence-corrected chi connectivity index (χ2v) is 4.94. The largest absolute Gasteiger partial charge is 0.492 e.